The minimum atomic E-state index is 0.720. The third-order valence-electron chi connectivity index (χ3n) is 0.976. The van der Waals surface area contributed by atoms with Crippen LogP contribution in [0.3, 0.4) is 0 Å². The molecule has 0 N–H and O–H groups in total. The molecular formula is C7H13NO. The SMILES string of the molecule is CCC=CCN(C)C=O. The van der Waals surface area contributed by atoms with Gasteiger partial charge >= 0.3 is 0 Å². The standard InChI is InChI=1S/C7H13NO/c1-3-4-5-6-8(2)7-9/h4-5,7H,3,6H2,1-2H3. The Kier molecular flexibility index (Phi) is 4.88. The first-order valence-electron chi connectivity index (χ1n) is 3.11. The van der Waals surface area contributed by atoms with E-state index in [4.69, 9.17) is 0 Å². The van der Waals surface area contributed by atoms with E-state index in [-0.39, 0.29) is 0 Å². The molecule has 0 aliphatic rings. The first-order valence-corrected chi connectivity index (χ1v) is 3.11. The van der Waals surface area contributed by atoms with Crippen LogP contribution in [-0.4, -0.2) is 24.9 Å². The van der Waals surface area contributed by atoms with Gasteiger partial charge in [-0.25, -0.2) is 0 Å². The summed E-state index contributed by atoms with van der Waals surface area (Å²) in [5, 5.41) is 0. The van der Waals surface area contributed by atoms with Gasteiger partial charge in [0.1, 0.15) is 0 Å². The predicted octanol–water partition coefficient (Wildman–Crippen LogP) is 1.04. The zero-order valence-corrected chi connectivity index (χ0v) is 6.00. The van der Waals surface area contributed by atoms with Crippen molar-refractivity contribution in [3.05, 3.63) is 12.2 Å². The number of hydrogen-bond donors (Lipinski definition) is 0. The van der Waals surface area contributed by atoms with Crippen molar-refractivity contribution in [2.24, 2.45) is 0 Å². The molecule has 0 saturated carbocycles. The monoisotopic (exact) mass is 127 g/mol. The minimum absolute atomic E-state index is 0.720. The first kappa shape index (κ1) is 8.21. The maximum Gasteiger partial charge on any atom is 0.209 e. The van der Waals surface area contributed by atoms with Gasteiger partial charge in [-0.1, -0.05) is 19.1 Å². The van der Waals surface area contributed by atoms with E-state index in [2.05, 4.69) is 6.92 Å². The van der Waals surface area contributed by atoms with Crippen molar-refractivity contribution in [1.82, 2.24) is 4.90 Å². The van der Waals surface area contributed by atoms with Crippen molar-refractivity contribution in [3.63, 3.8) is 0 Å². The summed E-state index contributed by atoms with van der Waals surface area (Å²) in [7, 11) is 1.76. The molecule has 0 saturated heterocycles. The average Bonchev–Trinajstić information content (AvgIpc) is 1.89. The molecule has 0 atom stereocenters. The number of rotatable bonds is 4. The maximum atomic E-state index is 9.99. The molecule has 52 valence electrons. The fraction of sp³-hybridized carbons (Fsp3) is 0.571. The third-order valence-corrected chi connectivity index (χ3v) is 0.976. The lowest BCUT2D eigenvalue weighted by molar-refractivity contribution is -0.116. The van der Waals surface area contributed by atoms with E-state index in [1.807, 2.05) is 12.2 Å². The van der Waals surface area contributed by atoms with Gasteiger partial charge in [-0.15, -0.1) is 0 Å². The molecule has 0 fully saturated rings. The van der Waals surface area contributed by atoms with Crippen molar-refractivity contribution in [1.29, 1.82) is 0 Å². The second-order valence-corrected chi connectivity index (χ2v) is 1.92. The summed E-state index contributed by atoms with van der Waals surface area (Å²) in [6, 6.07) is 0. The van der Waals surface area contributed by atoms with Crippen molar-refractivity contribution < 1.29 is 4.79 Å². The molecule has 0 aromatic heterocycles. The second-order valence-electron chi connectivity index (χ2n) is 1.92. The summed E-state index contributed by atoms with van der Waals surface area (Å²) in [5.41, 5.74) is 0. The highest BCUT2D eigenvalue weighted by atomic mass is 16.1. The molecule has 9 heavy (non-hydrogen) atoms. The van der Waals surface area contributed by atoms with Crippen LogP contribution in [0.25, 0.3) is 0 Å². The van der Waals surface area contributed by atoms with Crippen molar-refractivity contribution in [2.45, 2.75) is 13.3 Å². The summed E-state index contributed by atoms with van der Waals surface area (Å²) >= 11 is 0. The molecular weight excluding hydrogens is 114 g/mol. The van der Waals surface area contributed by atoms with Crippen LogP contribution < -0.4 is 0 Å². The average molecular weight is 127 g/mol. The maximum absolute atomic E-state index is 9.99. The molecule has 0 unspecified atom stereocenters. The van der Waals surface area contributed by atoms with Gasteiger partial charge in [-0.2, -0.15) is 0 Å². The molecule has 2 heteroatoms. The van der Waals surface area contributed by atoms with Crippen LogP contribution in [0.1, 0.15) is 13.3 Å². The Bertz CT molecular complexity index is 99.1. The van der Waals surface area contributed by atoms with Gasteiger partial charge in [0.2, 0.25) is 6.41 Å². The van der Waals surface area contributed by atoms with Crippen LogP contribution in [0.5, 0.6) is 0 Å². The summed E-state index contributed by atoms with van der Waals surface area (Å²) in [4.78, 5) is 11.6. The number of hydrogen-bond acceptors (Lipinski definition) is 1. The Balaban J connectivity index is 3.25. The van der Waals surface area contributed by atoms with Gasteiger partial charge in [0.25, 0.3) is 0 Å². The quantitative estimate of drug-likeness (QED) is 0.408. The summed E-state index contributed by atoms with van der Waals surface area (Å²) in [6.07, 6.45) is 5.88. The van der Waals surface area contributed by atoms with E-state index in [1.165, 1.54) is 0 Å². The minimum Gasteiger partial charge on any atom is -0.345 e. The number of allylic oxidation sites excluding steroid dienone is 1. The Morgan fingerprint density at radius 1 is 1.44 bits per heavy atom. The van der Waals surface area contributed by atoms with Gasteiger partial charge in [-0.3, -0.25) is 4.79 Å². The van der Waals surface area contributed by atoms with Crippen LogP contribution in [0.2, 0.25) is 0 Å². The molecule has 0 aliphatic heterocycles. The second kappa shape index (κ2) is 5.35. The van der Waals surface area contributed by atoms with Gasteiger partial charge in [-0.05, 0) is 6.42 Å². The molecule has 0 aliphatic carbocycles. The van der Waals surface area contributed by atoms with Gasteiger partial charge in [0, 0.05) is 13.6 Å². The molecule has 0 aromatic carbocycles. The van der Waals surface area contributed by atoms with Crippen LogP contribution in [0, 0.1) is 0 Å². The summed E-state index contributed by atoms with van der Waals surface area (Å²) in [6.45, 7) is 2.79. The number of carbonyl (C=O) groups is 1. The number of amides is 1. The molecule has 0 bridgehead atoms. The molecule has 0 aromatic rings. The number of likely N-dealkylation sites (N-methyl/N-ethyl adjacent to an activating group) is 1. The van der Waals surface area contributed by atoms with Gasteiger partial charge < -0.3 is 4.90 Å². The first-order chi connectivity index (χ1) is 4.31. The smallest absolute Gasteiger partial charge is 0.209 e. The van der Waals surface area contributed by atoms with E-state index >= 15 is 0 Å². The number of carbonyl (C=O) groups excluding carboxylic acids is 1. The Hall–Kier alpha value is -0.790. The van der Waals surface area contributed by atoms with E-state index in [1.54, 1.807) is 11.9 Å². The molecule has 2 nitrogen and oxygen atoms in total. The van der Waals surface area contributed by atoms with Crippen LogP contribution >= 0.6 is 0 Å². The molecule has 1 amide bonds. The van der Waals surface area contributed by atoms with Crippen LogP contribution in [0.4, 0.5) is 0 Å². The topological polar surface area (TPSA) is 20.3 Å². The van der Waals surface area contributed by atoms with Gasteiger partial charge in [0.15, 0.2) is 0 Å². The molecule has 0 rings (SSSR count). The van der Waals surface area contributed by atoms with E-state index < -0.39 is 0 Å². The van der Waals surface area contributed by atoms with Gasteiger partial charge in [0.05, 0.1) is 0 Å². The lowest BCUT2D eigenvalue weighted by atomic mass is 10.4. The van der Waals surface area contributed by atoms with Crippen molar-refractivity contribution >= 4 is 6.41 Å². The normalized spacial score (nSPS) is 10.0. The highest BCUT2D eigenvalue weighted by Gasteiger charge is 1.83. The highest BCUT2D eigenvalue weighted by molar-refractivity contribution is 5.46. The summed E-state index contributed by atoms with van der Waals surface area (Å²) < 4.78 is 0. The fourth-order valence-corrected chi connectivity index (χ4v) is 0.451. The Morgan fingerprint density at radius 3 is 2.56 bits per heavy atom. The summed E-state index contributed by atoms with van der Waals surface area (Å²) in [5.74, 6) is 0. The van der Waals surface area contributed by atoms with Crippen LogP contribution in [-0.2, 0) is 4.79 Å². The highest BCUT2D eigenvalue weighted by Crippen LogP contribution is 1.81. The van der Waals surface area contributed by atoms with Crippen molar-refractivity contribution in [2.75, 3.05) is 13.6 Å². The molecule has 0 spiro atoms. The van der Waals surface area contributed by atoms with E-state index in [9.17, 15) is 4.79 Å². The predicted molar refractivity (Wildman–Crippen MR) is 38.1 cm³/mol. The fourth-order valence-electron chi connectivity index (χ4n) is 0.451. The third kappa shape index (κ3) is 5.07. The zero-order valence-electron chi connectivity index (χ0n) is 6.00. The molecule has 0 heterocycles. The molecule has 0 radical (unpaired) electrons. The lowest BCUT2D eigenvalue weighted by Gasteiger charge is -2.04. The number of nitrogens with zero attached hydrogens (tertiary/aromatic N) is 1. The largest absolute Gasteiger partial charge is 0.345 e. The van der Waals surface area contributed by atoms with E-state index in [0.29, 0.717) is 0 Å². The van der Waals surface area contributed by atoms with Crippen LogP contribution in [0.15, 0.2) is 12.2 Å². The van der Waals surface area contributed by atoms with E-state index in [0.717, 1.165) is 19.4 Å². The zero-order chi connectivity index (χ0) is 7.11. The lowest BCUT2D eigenvalue weighted by Crippen LogP contribution is -2.14. The Morgan fingerprint density at radius 2 is 2.11 bits per heavy atom. The Labute approximate surface area is 56.2 Å². The van der Waals surface area contributed by atoms with Crippen molar-refractivity contribution in [3.8, 4) is 0 Å².